The van der Waals surface area contributed by atoms with E-state index in [1.165, 1.54) is 42.7 Å². The lowest BCUT2D eigenvalue weighted by Crippen LogP contribution is -2.28. The number of hydrogen-bond acceptors (Lipinski definition) is 3. The van der Waals surface area contributed by atoms with Gasteiger partial charge in [-0.25, -0.2) is 0 Å². The molecule has 2 nitrogen and oxygen atoms in total. The van der Waals surface area contributed by atoms with Crippen LogP contribution in [0.4, 0.5) is 0 Å². The molecule has 1 N–H and O–H groups in total. The van der Waals surface area contributed by atoms with Gasteiger partial charge in [-0.3, -0.25) is 0 Å². The second-order valence-corrected chi connectivity index (χ2v) is 6.92. The van der Waals surface area contributed by atoms with Crippen molar-refractivity contribution in [2.24, 2.45) is 0 Å². The summed E-state index contributed by atoms with van der Waals surface area (Å²) in [5, 5.41) is 4.26. The topological polar surface area (TPSA) is 15.3 Å². The summed E-state index contributed by atoms with van der Waals surface area (Å²) in [5.41, 5.74) is 3.06. The first kappa shape index (κ1) is 14.9. The third kappa shape index (κ3) is 3.98. The molecule has 3 heteroatoms. The summed E-state index contributed by atoms with van der Waals surface area (Å²) < 4.78 is 0. The first-order valence-corrected chi connectivity index (χ1v) is 8.28. The number of fused-ring (bicyclic) bond motifs is 1. The van der Waals surface area contributed by atoms with Gasteiger partial charge in [0.1, 0.15) is 0 Å². The van der Waals surface area contributed by atoms with Crippen LogP contribution in [0.15, 0.2) is 24.3 Å². The monoisotopic (exact) mass is 278 g/mol. The predicted octanol–water partition coefficient (Wildman–Crippen LogP) is 2.95. The SMILES string of the molecule is CNC1c2ccccc2CCCC1SCCN(C)C. The summed E-state index contributed by atoms with van der Waals surface area (Å²) in [6.07, 6.45) is 3.87. The molecule has 0 spiro atoms. The molecular formula is C16H26N2S. The highest BCUT2D eigenvalue weighted by Gasteiger charge is 2.26. The molecule has 1 aliphatic rings. The fraction of sp³-hybridized carbons (Fsp3) is 0.625. The minimum atomic E-state index is 0.505. The van der Waals surface area contributed by atoms with Crippen LogP contribution in [-0.2, 0) is 6.42 Å². The molecule has 2 unspecified atom stereocenters. The second kappa shape index (κ2) is 7.32. The van der Waals surface area contributed by atoms with E-state index < -0.39 is 0 Å². The van der Waals surface area contributed by atoms with E-state index in [1.54, 1.807) is 0 Å². The summed E-state index contributed by atoms with van der Waals surface area (Å²) in [7, 11) is 6.41. The van der Waals surface area contributed by atoms with E-state index in [-0.39, 0.29) is 0 Å². The molecule has 0 aromatic heterocycles. The molecule has 0 radical (unpaired) electrons. The Labute approximate surface area is 122 Å². The quantitative estimate of drug-likeness (QED) is 0.834. The number of aryl methyl sites for hydroxylation is 1. The summed E-state index contributed by atoms with van der Waals surface area (Å²) >= 11 is 2.13. The zero-order valence-electron chi connectivity index (χ0n) is 12.4. The normalized spacial score (nSPS) is 23.2. The average Bonchev–Trinajstić information content (AvgIpc) is 2.57. The molecule has 2 atom stereocenters. The standard InChI is InChI=1S/C16H26N2S/c1-17-16-14-9-5-4-7-13(14)8-6-10-15(16)19-12-11-18(2)3/h4-5,7,9,15-17H,6,8,10-12H2,1-3H3. The van der Waals surface area contributed by atoms with Gasteiger partial charge in [0.25, 0.3) is 0 Å². The number of benzene rings is 1. The van der Waals surface area contributed by atoms with E-state index >= 15 is 0 Å². The lowest BCUT2D eigenvalue weighted by molar-refractivity contribution is 0.436. The lowest BCUT2D eigenvalue weighted by Gasteiger charge is -2.26. The zero-order chi connectivity index (χ0) is 13.7. The highest BCUT2D eigenvalue weighted by molar-refractivity contribution is 7.99. The van der Waals surface area contributed by atoms with Crippen molar-refractivity contribution in [2.75, 3.05) is 33.4 Å². The van der Waals surface area contributed by atoms with Gasteiger partial charge in [-0.2, -0.15) is 11.8 Å². The van der Waals surface area contributed by atoms with E-state index in [2.05, 4.69) is 67.4 Å². The highest BCUT2D eigenvalue weighted by atomic mass is 32.2. The van der Waals surface area contributed by atoms with Crippen LogP contribution in [-0.4, -0.2) is 43.6 Å². The van der Waals surface area contributed by atoms with E-state index in [0.29, 0.717) is 11.3 Å². The number of nitrogens with zero attached hydrogens (tertiary/aromatic N) is 1. The average molecular weight is 278 g/mol. The van der Waals surface area contributed by atoms with Crippen molar-refractivity contribution in [1.29, 1.82) is 0 Å². The van der Waals surface area contributed by atoms with E-state index in [4.69, 9.17) is 0 Å². The van der Waals surface area contributed by atoms with Gasteiger partial charge in [-0.1, -0.05) is 24.3 Å². The smallest absolute Gasteiger partial charge is 0.0440 e. The molecule has 1 aliphatic carbocycles. The van der Waals surface area contributed by atoms with Gasteiger partial charge in [0, 0.05) is 23.6 Å². The first-order valence-electron chi connectivity index (χ1n) is 7.23. The minimum Gasteiger partial charge on any atom is -0.312 e. The van der Waals surface area contributed by atoms with Crippen LogP contribution in [0.2, 0.25) is 0 Å². The third-order valence-corrected chi connectivity index (χ3v) is 5.23. The highest BCUT2D eigenvalue weighted by Crippen LogP contribution is 2.35. The predicted molar refractivity (Wildman–Crippen MR) is 86.0 cm³/mol. The molecule has 0 aliphatic heterocycles. The Morgan fingerprint density at radius 3 is 2.84 bits per heavy atom. The number of hydrogen-bond donors (Lipinski definition) is 1. The van der Waals surface area contributed by atoms with Crippen molar-refractivity contribution in [3.63, 3.8) is 0 Å². The van der Waals surface area contributed by atoms with Crippen molar-refractivity contribution >= 4 is 11.8 Å². The molecular weight excluding hydrogens is 252 g/mol. The van der Waals surface area contributed by atoms with Crippen molar-refractivity contribution in [1.82, 2.24) is 10.2 Å². The minimum absolute atomic E-state index is 0.505. The Hall–Kier alpha value is -0.510. The molecule has 0 heterocycles. The van der Waals surface area contributed by atoms with Gasteiger partial charge >= 0.3 is 0 Å². The fourth-order valence-corrected chi connectivity index (χ4v) is 4.42. The summed E-state index contributed by atoms with van der Waals surface area (Å²) in [6, 6.07) is 9.46. The maximum Gasteiger partial charge on any atom is 0.0440 e. The molecule has 0 bridgehead atoms. The Balaban J connectivity index is 2.07. The molecule has 19 heavy (non-hydrogen) atoms. The van der Waals surface area contributed by atoms with Crippen LogP contribution in [0.3, 0.4) is 0 Å². The van der Waals surface area contributed by atoms with Gasteiger partial charge in [0.15, 0.2) is 0 Å². The molecule has 0 amide bonds. The van der Waals surface area contributed by atoms with Gasteiger partial charge in [0.05, 0.1) is 0 Å². The van der Waals surface area contributed by atoms with Crippen molar-refractivity contribution < 1.29 is 0 Å². The first-order chi connectivity index (χ1) is 9.22. The molecule has 0 saturated carbocycles. The largest absolute Gasteiger partial charge is 0.312 e. The van der Waals surface area contributed by atoms with Crippen LogP contribution in [0.25, 0.3) is 0 Å². The molecule has 0 saturated heterocycles. The van der Waals surface area contributed by atoms with Crippen molar-refractivity contribution in [2.45, 2.75) is 30.6 Å². The molecule has 1 aromatic rings. The molecule has 106 valence electrons. The van der Waals surface area contributed by atoms with Crippen LogP contribution in [0.5, 0.6) is 0 Å². The molecule has 1 aromatic carbocycles. The zero-order valence-corrected chi connectivity index (χ0v) is 13.2. The van der Waals surface area contributed by atoms with Gasteiger partial charge in [0.2, 0.25) is 0 Å². The van der Waals surface area contributed by atoms with Crippen molar-refractivity contribution in [3.8, 4) is 0 Å². The van der Waals surface area contributed by atoms with E-state index in [0.717, 1.165) is 0 Å². The van der Waals surface area contributed by atoms with Crippen LogP contribution in [0, 0.1) is 0 Å². The van der Waals surface area contributed by atoms with Gasteiger partial charge in [-0.15, -0.1) is 0 Å². The number of thioether (sulfide) groups is 1. The summed E-state index contributed by atoms with van der Waals surface area (Å²) in [4.78, 5) is 2.27. The number of rotatable bonds is 5. The summed E-state index contributed by atoms with van der Waals surface area (Å²) in [5.74, 6) is 1.22. The van der Waals surface area contributed by atoms with Crippen LogP contribution in [0.1, 0.15) is 30.0 Å². The molecule has 0 fully saturated rings. The maximum atomic E-state index is 3.55. The fourth-order valence-electron chi connectivity index (χ4n) is 2.83. The van der Waals surface area contributed by atoms with Crippen LogP contribution >= 0.6 is 11.8 Å². The third-order valence-electron chi connectivity index (χ3n) is 3.88. The summed E-state index contributed by atoms with van der Waals surface area (Å²) in [6.45, 7) is 1.17. The molecule has 2 rings (SSSR count). The Morgan fingerprint density at radius 1 is 1.32 bits per heavy atom. The maximum absolute atomic E-state index is 3.55. The van der Waals surface area contributed by atoms with E-state index in [9.17, 15) is 0 Å². The van der Waals surface area contributed by atoms with Crippen LogP contribution < -0.4 is 5.32 Å². The van der Waals surface area contributed by atoms with Crippen molar-refractivity contribution in [3.05, 3.63) is 35.4 Å². The van der Waals surface area contributed by atoms with Gasteiger partial charge in [-0.05, 0) is 51.5 Å². The Kier molecular flexibility index (Phi) is 5.74. The van der Waals surface area contributed by atoms with Gasteiger partial charge < -0.3 is 10.2 Å². The Morgan fingerprint density at radius 2 is 2.11 bits per heavy atom. The second-order valence-electron chi connectivity index (χ2n) is 5.57. The number of nitrogens with one attached hydrogen (secondary N) is 1. The van der Waals surface area contributed by atoms with E-state index in [1.807, 2.05) is 0 Å². The lowest BCUT2D eigenvalue weighted by atomic mass is 9.99. The Bertz CT molecular complexity index is 392.